The normalized spacial score (nSPS) is 46.4. The van der Waals surface area contributed by atoms with Crippen molar-refractivity contribution in [1.82, 2.24) is 0 Å². The van der Waals surface area contributed by atoms with Gasteiger partial charge >= 0.3 is 0 Å². The van der Waals surface area contributed by atoms with Gasteiger partial charge in [-0.3, -0.25) is 0 Å². The Kier molecular flexibility index (Phi) is 6.75. The molecule has 0 aromatic heterocycles. The molecule has 0 radical (unpaired) electrons. The highest BCUT2D eigenvalue weighted by atomic mass is 16.3. The third kappa shape index (κ3) is 3.96. The number of rotatable bonds is 7. The van der Waals surface area contributed by atoms with Gasteiger partial charge in [-0.25, -0.2) is 0 Å². The van der Waals surface area contributed by atoms with Crippen LogP contribution in [0, 0.1) is 52.3 Å². The fraction of sp³-hybridized carbons (Fsp3) is 1.00. The second kappa shape index (κ2) is 8.84. The summed E-state index contributed by atoms with van der Waals surface area (Å²) in [4.78, 5) is 0. The minimum Gasteiger partial charge on any atom is -0.396 e. The summed E-state index contributed by atoms with van der Waals surface area (Å²) in [6.07, 6.45) is 20.4. The molecule has 4 saturated carbocycles. The summed E-state index contributed by atoms with van der Waals surface area (Å²) in [5.41, 5.74) is 1.32. The molecule has 3 unspecified atom stereocenters. The Morgan fingerprint density at radius 3 is 2.38 bits per heavy atom. The molecule has 0 aromatic carbocycles. The van der Waals surface area contributed by atoms with Crippen LogP contribution in [0.1, 0.15) is 118 Å². The highest BCUT2D eigenvalue weighted by molar-refractivity contribution is 5.09. The zero-order valence-corrected chi connectivity index (χ0v) is 20.1. The average Bonchev–Trinajstić information content (AvgIpc) is 3.05. The first kappa shape index (κ1) is 22.2. The van der Waals surface area contributed by atoms with Crippen molar-refractivity contribution in [2.45, 2.75) is 118 Å². The Bertz CT molecular complexity index is 542. The molecule has 4 rings (SSSR count). The van der Waals surface area contributed by atoms with Crippen molar-refractivity contribution in [2.75, 3.05) is 6.61 Å². The Morgan fingerprint density at radius 2 is 1.59 bits per heavy atom. The van der Waals surface area contributed by atoms with Gasteiger partial charge in [0.25, 0.3) is 0 Å². The van der Waals surface area contributed by atoms with E-state index in [1.807, 2.05) is 0 Å². The van der Waals surface area contributed by atoms with Crippen LogP contribution in [0.15, 0.2) is 0 Å². The van der Waals surface area contributed by atoms with Gasteiger partial charge in [0.15, 0.2) is 0 Å². The second-order valence-electron chi connectivity index (χ2n) is 12.7. The van der Waals surface area contributed by atoms with Crippen molar-refractivity contribution in [1.29, 1.82) is 0 Å². The predicted octanol–water partition coefficient (Wildman–Crippen LogP) is 7.86. The van der Waals surface area contributed by atoms with Crippen LogP contribution in [0.2, 0.25) is 0 Å². The van der Waals surface area contributed by atoms with Crippen LogP contribution in [0.25, 0.3) is 0 Å². The van der Waals surface area contributed by atoms with Crippen LogP contribution in [0.3, 0.4) is 0 Å². The largest absolute Gasteiger partial charge is 0.396 e. The van der Waals surface area contributed by atoms with Crippen molar-refractivity contribution in [3.8, 4) is 0 Å². The highest BCUT2D eigenvalue weighted by Gasteiger charge is 2.59. The van der Waals surface area contributed by atoms with E-state index >= 15 is 0 Å². The Balaban J connectivity index is 1.40. The molecular weight excluding hydrogens is 352 g/mol. The molecule has 0 aromatic rings. The lowest BCUT2D eigenvalue weighted by Gasteiger charge is -2.61. The first-order valence-electron chi connectivity index (χ1n) is 13.5. The summed E-state index contributed by atoms with van der Waals surface area (Å²) in [5, 5.41) is 9.17. The molecule has 0 heterocycles. The third-order valence-electron chi connectivity index (χ3n) is 11.3. The van der Waals surface area contributed by atoms with Gasteiger partial charge in [-0.2, -0.15) is 0 Å². The van der Waals surface area contributed by atoms with Crippen LogP contribution in [0.4, 0.5) is 0 Å². The lowest BCUT2D eigenvalue weighted by molar-refractivity contribution is -0.114. The van der Waals surface area contributed by atoms with E-state index in [4.69, 9.17) is 5.11 Å². The smallest absolute Gasteiger partial charge is 0.0433 e. The summed E-state index contributed by atoms with van der Waals surface area (Å²) in [6, 6.07) is 0. The maximum atomic E-state index is 9.17. The van der Waals surface area contributed by atoms with Crippen LogP contribution < -0.4 is 0 Å². The van der Waals surface area contributed by atoms with Crippen LogP contribution in [-0.4, -0.2) is 11.7 Å². The Labute approximate surface area is 181 Å². The molecule has 4 aliphatic carbocycles. The summed E-state index contributed by atoms with van der Waals surface area (Å²) < 4.78 is 0. The van der Waals surface area contributed by atoms with E-state index < -0.39 is 0 Å². The maximum Gasteiger partial charge on any atom is 0.0433 e. The summed E-state index contributed by atoms with van der Waals surface area (Å²) >= 11 is 0. The number of aliphatic hydroxyl groups excluding tert-OH is 1. The molecular formula is C28H50O. The summed E-state index contributed by atoms with van der Waals surface area (Å²) in [5.74, 6) is 6.74. The fourth-order valence-electron chi connectivity index (χ4n) is 9.62. The van der Waals surface area contributed by atoms with Crippen molar-refractivity contribution in [3.63, 3.8) is 0 Å². The van der Waals surface area contributed by atoms with Crippen molar-refractivity contribution in [3.05, 3.63) is 0 Å². The van der Waals surface area contributed by atoms with E-state index in [2.05, 4.69) is 27.7 Å². The van der Waals surface area contributed by atoms with Gasteiger partial charge in [0.2, 0.25) is 0 Å². The average molecular weight is 403 g/mol. The minimum absolute atomic E-state index is 0.363. The zero-order chi connectivity index (χ0) is 20.6. The number of hydrogen-bond acceptors (Lipinski definition) is 1. The van der Waals surface area contributed by atoms with E-state index in [-0.39, 0.29) is 0 Å². The molecule has 0 bridgehead atoms. The topological polar surface area (TPSA) is 20.2 Å². The maximum absolute atomic E-state index is 9.17. The molecule has 168 valence electrons. The van der Waals surface area contributed by atoms with Crippen molar-refractivity contribution in [2.24, 2.45) is 52.3 Å². The van der Waals surface area contributed by atoms with Crippen LogP contribution in [0.5, 0.6) is 0 Å². The van der Waals surface area contributed by atoms with E-state index in [1.54, 1.807) is 19.3 Å². The summed E-state index contributed by atoms with van der Waals surface area (Å²) in [7, 11) is 0. The molecule has 1 nitrogen and oxygen atoms in total. The van der Waals surface area contributed by atoms with E-state index in [9.17, 15) is 0 Å². The van der Waals surface area contributed by atoms with E-state index in [0.29, 0.717) is 23.4 Å². The van der Waals surface area contributed by atoms with Crippen molar-refractivity contribution < 1.29 is 5.11 Å². The van der Waals surface area contributed by atoms with Crippen LogP contribution in [-0.2, 0) is 0 Å². The SMILES string of the molecule is CC(CCO)CCCC(C)[C@H]1CC[C@H]2[C@@H]3CCC4CCCC[C@]4(C)[C@H]3CC[C@]12C. The Hall–Kier alpha value is -0.0400. The van der Waals surface area contributed by atoms with Gasteiger partial charge < -0.3 is 5.11 Å². The molecule has 29 heavy (non-hydrogen) atoms. The van der Waals surface area contributed by atoms with Gasteiger partial charge in [0.1, 0.15) is 0 Å². The minimum atomic E-state index is 0.363. The van der Waals surface area contributed by atoms with Gasteiger partial charge in [-0.05, 0) is 110 Å². The molecule has 1 N–H and O–H groups in total. The molecule has 4 aliphatic rings. The van der Waals surface area contributed by atoms with Gasteiger partial charge in [0.05, 0.1) is 0 Å². The molecule has 0 spiro atoms. The van der Waals surface area contributed by atoms with E-state index in [1.165, 1.54) is 64.2 Å². The van der Waals surface area contributed by atoms with E-state index in [0.717, 1.165) is 41.9 Å². The zero-order valence-electron chi connectivity index (χ0n) is 20.1. The lowest BCUT2D eigenvalue weighted by atomic mass is 9.44. The van der Waals surface area contributed by atoms with Gasteiger partial charge in [-0.1, -0.05) is 59.8 Å². The monoisotopic (exact) mass is 402 g/mol. The van der Waals surface area contributed by atoms with Gasteiger partial charge in [0, 0.05) is 6.61 Å². The summed E-state index contributed by atoms with van der Waals surface area (Å²) in [6.45, 7) is 10.7. The molecule has 0 amide bonds. The Morgan fingerprint density at radius 1 is 0.793 bits per heavy atom. The van der Waals surface area contributed by atoms with Crippen LogP contribution >= 0.6 is 0 Å². The molecule has 1 heteroatoms. The second-order valence-corrected chi connectivity index (χ2v) is 12.7. The molecule has 0 saturated heterocycles. The molecule has 9 atom stereocenters. The quantitative estimate of drug-likeness (QED) is 0.459. The third-order valence-corrected chi connectivity index (χ3v) is 11.3. The van der Waals surface area contributed by atoms with Gasteiger partial charge in [-0.15, -0.1) is 0 Å². The number of aliphatic hydroxyl groups is 1. The highest BCUT2D eigenvalue weighted by Crippen LogP contribution is 2.68. The standard InChI is InChI=1S/C28H50O/c1-20(16-19-29)8-7-9-21(2)24-13-14-25-23-12-11-22-10-5-6-17-27(22,3)26(23)15-18-28(24,25)4/h20-26,29H,5-19H2,1-4H3/t20?,21?,22?,23-,24+,25-,26-,27-,28+/m0/s1. The predicted molar refractivity (Wildman–Crippen MR) is 124 cm³/mol. The molecule has 4 fully saturated rings. The lowest BCUT2D eigenvalue weighted by Crippen LogP contribution is -2.53. The molecule has 0 aliphatic heterocycles. The fourth-order valence-corrected chi connectivity index (χ4v) is 9.62. The first-order valence-corrected chi connectivity index (χ1v) is 13.5. The number of hydrogen-bond donors (Lipinski definition) is 1. The first-order chi connectivity index (χ1) is 13.9. The number of fused-ring (bicyclic) bond motifs is 5. The van der Waals surface area contributed by atoms with Crippen molar-refractivity contribution >= 4 is 0 Å².